The number of carbonyl (C=O) groups is 1. The molecule has 0 heterocycles. The summed E-state index contributed by atoms with van der Waals surface area (Å²) < 4.78 is 15.1. The maximum Gasteiger partial charge on any atom is 0.344 e. The number of para-hydroxylation sites is 1. The lowest BCUT2D eigenvalue weighted by atomic mass is 10.2. The smallest absolute Gasteiger partial charge is 0.344 e. The summed E-state index contributed by atoms with van der Waals surface area (Å²) in [7, 11) is 0. The Morgan fingerprint density at radius 2 is 2.20 bits per heavy atom. The van der Waals surface area contributed by atoms with Crippen LogP contribution in [0.4, 0.5) is 5.69 Å². The second-order valence-electron chi connectivity index (χ2n) is 3.55. The maximum atomic E-state index is 11.2. The van der Waals surface area contributed by atoms with Crippen LogP contribution in [0.1, 0.15) is 6.92 Å². The predicted molar refractivity (Wildman–Crippen MR) is 70.9 cm³/mol. The zero-order chi connectivity index (χ0) is 15.0. The molecule has 0 aliphatic rings. The fraction of sp³-hybridized carbons (Fsp3) is 0.308. The Balaban J connectivity index is 2.95. The first-order chi connectivity index (χ1) is 9.60. The van der Waals surface area contributed by atoms with Crippen molar-refractivity contribution in [2.75, 3.05) is 19.8 Å². The van der Waals surface area contributed by atoms with Crippen molar-refractivity contribution in [2.24, 2.45) is 0 Å². The highest BCUT2D eigenvalue weighted by Crippen LogP contribution is 2.36. The van der Waals surface area contributed by atoms with Gasteiger partial charge in [0.25, 0.3) is 0 Å². The highest BCUT2D eigenvalue weighted by molar-refractivity contribution is 5.71. The van der Waals surface area contributed by atoms with Crippen molar-refractivity contribution in [3.63, 3.8) is 0 Å². The molecule has 0 N–H and O–H groups in total. The molecule has 0 aromatic heterocycles. The molecule has 1 aromatic carbocycles. The fourth-order valence-corrected chi connectivity index (χ4v) is 1.39. The van der Waals surface area contributed by atoms with E-state index in [1.165, 1.54) is 24.3 Å². The molecule has 0 saturated carbocycles. The minimum atomic E-state index is -0.611. The van der Waals surface area contributed by atoms with Crippen LogP contribution in [-0.2, 0) is 9.53 Å². The van der Waals surface area contributed by atoms with Crippen molar-refractivity contribution in [3.05, 3.63) is 41.0 Å². The van der Waals surface area contributed by atoms with Crippen molar-refractivity contribution >= 4 is 11.7 Å². The van der Waals surface area contributed by atoms with E-state index in [2.05, 4.69) is 6.58 Å². The van der Waals surface area contributed by atoms with Gasteiger partial charge in [-0.1, -0.05) is 18.7 Å². The Hall–Kier alpha value is -2.57. The molecule has 0 spiro atoms. The zero-order valence-electron chi connectivity index (χ0n) is 11.0. The van der Waals surface area contributed by atoms with Crippen LogP contribution in [0.25, 0.3) is 0 Å². The number of nitrogens with zero attached hydrogens (tertiary/aromatic N) is 1. The lowest BCUT2D eigenvalue weighted by Gasteiger charge is -2.11. The Morgan fingerprint density at radius 3 is 2.80 bits per heavy atom. The second-order valence-corrected chi connectivity index (χ2v) is 3.55. The molecule has 0 atom stereocenters. The van der Waals surface area contributed by atoms with E-state index in [0.717, 1.165) is 0 Å². The first-order valence-corrected chi connectivity index (χ1v) is 5.89. The Morgan fingerprint density at radius 1 is 1.45 bits per heavy atom. The monoisotopic (exact) mass is 281 g/mol. The van der Waals surface area contributed by atoms with Crippen LogP contribution in [0.2, 0.25) is 0 Å². The Kier molecular flexibility index (Phi) is 6.02. The zero-order valence-corrected chi connectivity index (χ0v) is 11.0. The van der Waals surface area contributed by atoms with Gasteiger partial charge in [-0.15, -0.1) is 0 Å². The van der Waals surface area contributed by atoms with Gasteiger partial charge in [0.2, 0.25) is 5.75 Å². The average Bonchev–Trinajstić information content (AvgIpc) is 2.43. The van der Waals surface area contributed by atoms with Crippen molar-refractivity contribution in [1.29, 1.82) is 0 Å². The number of hydrogen-bond acceptors (Lipinski definition) is 6. The van der Waals surface area contributed by atoms with E-state index >= 15 is 0 Å². The van der Waals surface area contributed by atoms with Crippen LogP contribution in [0, 0.1) is 10.1 Å². The molecule has 0 saturated heterocycles. The molecule has 0 radical (unpaired) electrons. The summed E-state index contributed by atoms with van der Waals surface area (Å²) in [6.45, 7) is 5.09. The lowest BCUT2D eigenvalue weighted by molar-refractivity contribution is -0.385. The van der Waals surface area contributed by atoms with Crippen molar-refractivity contribution in [2.45, 2.75) is 6.92 Å². The minimum absolute atomic E-state index is 0.104. The van der Waals surface area contributed by atoms with E-state index in [-0.39, 0.29) is 30.4 Å². The molecule has 7 heteroatoms. The molecular weight excluding hydrogens is 266 g/mol. The summed E-state index contributed by atoms with van der Waals surface area (Å²) in [4.78, 5) is 21.6. The number of nitro benzene ring substituents is 1. The molecule has 0 aliphatic carbocycles. The minimum Gasteiger partial charge on any atom is -0.485 e. The topological polar surface area (TPSA) is 87.9 Å². The molecule has 7 nitrogen and oxygen atoms in total. The van der Waals surface area contributed by atoms with E-state index < -0.39 is 17.5 Å². The fourth-order valence-electron chi connectivity index (χ4n) is 1.39. The maximum absolute atomic E-state index is 11.2. The van der Waals surface area contributed by atoms with Crippen LogP contribution >= 0.6 is 0 Å². The van der Waals surface area contributed by atoms with Gasteiger partial charge in [0, 0.05) is 6.07 Å². The third kappa shape index (κ3) is 4.27. The van der Waals surface area contributed by atoms with Gasteiger partial charge in [-0.25, -0.2) is 4.79 Å². The van der Waals surface area contributed by atoms with Gasteiger partial charge in [0.15, 0.2) is 12.4 Å². The molecule has 108 valence electrons. The molecule has 20 heavy (non-hydrogen) atoms. The number of rotatable bonds is 8. The molecular formula is C13H15NO6. The molecule has 0 aliphatic heterocycles. The molecule has 0 fully saturated rings. The number of benzene rings is 1. The van der Waals surface area contributed by atoms with Crippen molar-refractivity contribution < 1.29 is 23.9 Å². The molecule has 1 rings (SSSR count). The van der Waals surface area contributed by atoms with Crippen molar-refractivity contribution in [3.8, 4) is 11.5 Å². The SMILES string of the molecule is C=CCOc1cccc([N+](=O)[O-])c1OCC(=O)OCC. The first kappa shape index (κ1) is 15.5. The van der Waals surface area contributed by atoms with Crippen LogP contribution in [0.5, 0.6) is 11.5 Å². The van der Waals surface area contributed by atoms with E-state index in [1.807, 2.05) is 0 Å². The van der Waals surface area contributed by atoms with Crippen LogP contribution in [0.15, 0.2) is 30.9 Å². The lowest BCUT2D eigenvalue weighted by Crippen LogP contribution is -2.15. The quantitative estimate of drug-likeness (QED) is 0.314. The van der Waals surface area contributed by atoms with Crippen molar-refractivity contribution in [1.82, 2.24) is 0 Å². The van der Waals surface area contributed by atoms with Gasteiger partial charge >= 0.3 is 11.7 Å². The normalized spacial score (nSPS) is 9.65. The summed E-state index contributed by atoms with van der Waals surface area (Å²) in [5.74, 6) is -0.545. The van der Waals surface area contributed by atoms with E-state index in [9.17, 15) is 14.9 Å². The molecule has 1 aromatic rings. The predicted octanol–water partition coefficient (Wildman–Crippen LogP) is 2.10. The third-order valence-corrected chi connectivity index (χ3v) is 2.15. The van der Waals surface area contributed by atoms with Gasteiger partial charge in [-0.3, -0.25) is 10.1 Å². The first-order valence-electron chi connectivity index (χ1n) is 5.89. The second kappa shape index (κ2) is 7.78. The number of hydrogen-bond donors (Lipinski definition) is 0. The number of nitro groups is 1. The van der Waals surface area contributed by atoms with E-state index in [4.69, 9.17) is 14.2 Å². The number of esters is 1. The van der Waals surface area contributed by atoms with E-state index in [1.54, 1.807) is 6.92 Å². The highest BCUT2D eigenvalue weighted by atomic mass is 16.6. The largest absolute Gasteiger partial charge is 0.485 e. The van der Waals surface area contributed by atoms with Gasteiger partial charge in [0.1, 0.15) is 6.61 Å². The van der Waals surface area contributed by atoms with Crippen LogP contribution in [0.3, 0.4) is 0 Å². The summed E-state index contributed by atoms with van der Waals surface area (Å²) in [5, 5.41) is 11.0. The Labute approximate surface area is 115 Å². The van der Waals surface area contributed by atoms with Gasteiger partial charge in [-0.2, -0.15) is 0 Å². The molecule has 0 bridgehead atoms. The van der Waals surface area contributed by atoms with Crippen LogP contribution < -0.4 is 9.47 Å². The standard InChI is InChI=1S/C13H15NO6/c1-3-8-19-11-7-5-6-10(14(16)17)13(11)20-9-12(15)18-4-2/h3,5-7H,1,4,8-9H2,2H3. The third-order valence-electron chi connectivity index (χ3n) is 2.15. The van der Waals surface area contributed by atoms with Gasteiger partial charge in [0.05, 0.1) is 11.5 Å². The summed E-state index contributed by atoms with van der Waals surface area (Å²) >= 11 is 0. The Bertz CT molecular complexity index is 500. The average molecular weight is 281 g/mol. The highest BCUT2D eigenvalue weighted by Gasteiger charge is 2.21. The van der Waals surface area contributed by atoms with Gasteiger partial charge in [-0.05, 0) is 13.0 Å². The molecule has 0 unspecified atom stereocenters. The van der Waals surface area contributed by atoms with Crippen LogP contribution in [-0.4, -0.2) is 30.7 Å². The summed E-state index contributed by atoms with van der Waals surface area (Å²) in [6.07, 6.45) is 1.49. The number of carbonyl (C=O) groups excluding carboxylic acids is 1. The van der Waals surface area contributed by atoms with Gasteiger partial charge < -0.3 is 14.2 Å². The summed E-state index contributed by atoms with van der Waals surface area (Å²) in [5.41, 5.74) is -0.282. The number of ether oxygens (including phenoxy) is 3. The summed E-state index contributed by atoms with van der Waals surface area (Å²) in [6, 6.07) is 4.24. The molecule has 0 amide bonds. The van der Waals surface area contributed by atoms with E-state index in [0.29, 0.717) is 0 Å².